The summed E-state index contributed by atoms with van der Waals surface area (Å²) < 4.78 is 60.8. The number of carbonyl (C=O) groups is 4. The summed E-state index contributed by atoms with van der Waals surface area (Å²) in [6.45, 7) is 5.12. The van der Waals surface area contributed by atoms with Gasteiger partial charge < -0.3 is 25.1 Å². The molecule has 2 aliphatic heterocycles. The number of fused-ring (bicyclic) bond motifs is 6. The fraction of sp³-hybridized carbons (Fsp3) is 0.513. The van der Waals surface area contributed by atoms with Crippen molar-refractivity contribution in [1.29, 1.82) is 0 Å². The standard InChI is InChI=1S/C39H45F2N5O8S/c1-38(2,3)32-35(48)46-21-23(19-30(46)34(47)43-39(20-29(39)33(40)41)36(49)45-55(51,52)24-14-15-24)54-44-31-27-12-8-7-11-25(27)26-16-13-22(18-28(26)31)10-6-4-5-9-17-53-37(50)42-32/h6-8,10-13,16,18,23-24,29-30,32-33H,4-5,9,14-15,17,19-21H2,1-3H3,(H,42,50)(H,43,47)(H,45,49)/b10-6+,44-31+/t23-,29+,30+,32-,39+/m1/s1. The number of alkyl carbamates (subject to hydrolysis) is 1. The van der Waals surface area contributed by atoms with Crippen LogP contribution < -0.4 is 15.4 Å². The SMILES string of the molecule is CC(C)(C)[C@@H]1NC(=O)OCCCC/C=C/c2ccc3c(c2)/C(=N/O[C@@H]2C[C@@H](C(=O)N[C@@]4(C(=O)NS(=O)(=O)C5CC5)C[C@H]4C(F)F)N(C2)C1=O)c1ccccc1-3. The van der Waals surface area contributed by atoms with Crippen molar-refractivity contribution in [2.45, 2.75) is 101 Å². The predicted molar refractivity (Wildman–Crippen MR) is 198 cm³/mol. The van der Waals surface area contributed by atoms with Crippen LogP contribution in [0.1, 0.15) is 82.4 Å². The highest BCUT2D eigenvalue weighted by molar-refractivity contribution is 7.91. The van der Waals surface area contributed by atoms with Crippen molar-refractivity contribution in [1.82, 2.24) is 20.3 Å². The number of halogens is 2. The third kappa shape index (κ3) is 7.82. The van der Waals surface area contributed by atoms with E-state index in [2.05, 4.69) is 15.8 Å². The summed E-state index contributed by atoms with van der Waals surface area (Å²) in [7, 11) is -4.12. The molecule has 2 aromatic rings. The Morgan fingerprint density at radius 2 is 1.76 bits per heavy atom. The van der Waals surface area contributed by atoms with Crippen LogP contribution in [0.4, 0.5) is 13.6 Å². The highest BCUT2D eigenvalue weighted by atomic mass is 32.2. The van der Waals surface area contributed by atoms with Crippen molar-refractivity contribution < 1.29 is 46.0 Å². The van der Waals surface area contributed by atoms with Crippen LogP contribution in [-0.4, -0.2) is 91.4 Å². The van der Waals surface area contributed by atoms with Gasteiger partial charge in [-0.25, -0.2) is 22.0 Å². The molecule has 55 heavy (non-hydrogen) atoms. The second-order valence-corrected chi connectivity index (χ2v) is 18.0. The van der Waals surface area contributed by atoms with Crippen molar-refractivity contribution in [3.05, 3.63) is 65.2 Å². The average molecular weight is 782 g/mol. The van der Waals surface area contributed by atoms with Crippen molar-refractivity contribution >= 4 is 45.6 Å². The maximum absolute atomic E-state index is 14.5. The Kier molecular flexibility index (Phi) is 10.2. The Labute approximate surface area is 318 Å². The fourth-order valence-electron chi connectivity index (χ4n) is 7.52. The van der Waals surface area contributed by atoms with Crippen molar-refractivity contribution in [3.63, 3.8) is 0 Å². The minimum Gasteiger partial charge on any atom is -0.450 e. The molecule has 4 bridgehead atoms. The molecule has 2 saturated carbocycles. The number of cyclic esters (lactones) is 1. The van der Waals surface area contributed by atoms with Crippen LogP contribution in [0.15, 0.2) is 53.7 Å². The Morgan fingerprint density at radius 3 is 2.45 bits per heavy atom. The molecule has 16 heteroatoms. The lowest BCUT2D eigenvalue weighted by molar-refractivity contribution is -0.143. The summed E-state index contributed by atoms with van der Waals surface area (Å²) in [4.78, 5) is 62.3. The number of amides is 4. The molecule has 3 fully saturated rings. The fourth-order valence-corrected chi connectivity index (χ4v) is 8.88. The van der Waals surface area contributed by atoms with Gasteiger partial charge in [0.25, 0.3) is 5.91 Å². The quantitative estimate of drug-likeness (QED) is 0.328. The number of rotatable bonds is 6. The lowest BCUT2D eigenvalue weighted by Gasteiger charge is -2.35. The van der Waals surface area contributed by atoms with Crippen LogP contribution in [0.2, 0.25) is 0 Å². The lowest BCUT2D eigenvalue weighted by Crippen LogP contribution is -2.60. The number of nitrogens with zero attached hydrogens (tertiary/aromatic N) is 2. The third-order valence-corrected chi connectivity index (χ3v) is 12.7. The first-order valence-corrected chi connectivity index (χ1v) is 20.2. The van der Waals surface area contributed by atoms with E-state index >= 15 is 0 Å². The first-order valence-electron chi connectivity index (χ1n) is 18.6. The highest BCUT2D eigenvalue weighted by Gasteiger charge is 2.67. The molecule has 0 radical (unpaired) electrons. The number of carbonyl (C=O) groups excluding carboxylic acids is 4. The summed E-state index contributed by atoms with van der Waals surface area (Å²) in [6.07, 6.45) is 1.39. The number of nitrogens with one attached hydrogen (secondary N) is 3. The van der Waals surface area contributed by atoms with E-state index in [4.69, 9.17) is 9.57 Å². The number of allylic oxidation sites excluding steroid dienone is 1. The van der Waals surface area contributed by atoms with Crippen LogP contribution in [0.5, 0.6) is 0 Å². The van der Waals surface area contributed by atoms with Gasteiger partial charge in [-0.1, -0.05) is 74.5 Å². The zero-order valence-corrected chi connectivity index (χ0v) is 31.7. The molecular weight excluding hydrogens is 737 g/mol. The molecule has 3 N–H and O–H groups in total. The monoisotopic (exact) mass is 781 g/mol. The molecule has 1 saturated heterocycles. The predicted octanol–water partition coefficient (Wildman–Crippen LogP) is 4.49. The second kappa shape index (κ2) is 14.7. The van der Waals surface area contributed by atoms with E-state index in [-0.39, 0.29) is 19.6 Å². The molecule has 3 aliphatic carbocycles. The van der Waals surface area contributed by atoms with Gasteiger partial charge in [0, 0.05) is 17.5 Å². The van der Waals surface area contributed by atoms with Crippen LogP contribution in [-0.2, 0) is 34.0 Å². The number of sulfonamides is 1. The molecule has 0 spiro atoms. The van der Waals surface area contributed by atoms with Gasteiger partial charge in [0.2, 0.25) is 28.3 Å². The van der Waals surface area contributed by atoms with Crippen molar-refractivity contribution in [2.75, 3.05) is 13.2 Å². The van der Waals surface area contributed by atoms with Gasteiger partial charge in [0.1, 0.15) is 29.4 Å². The molecule has 5 aliphatic rings. The largest absolute Gasteiger partial charge is 0.450 e. The smallest absolute Gasteiger partial charge is 0.407 e. The topological polar surface area (TPSA) is 173 Å². The van der Waals surface area contributed by atoms with Gasteiger partial charge in [0.15, 0.2) is 0 Å². The number of oxime groups is 1. The highest BCUT2D eigenvalue weighted by Crippen LogP contribution is 2.48. The van der Waals surface area contributed by atoms with Crippen LogP contribution in [0.25, 0.3) is 17.2 Å². The summed E-state index contributed by atoms with van der Waals surface area (Å²) >= 11 is 0. The minimum absolute atomic E-state index is 0.109. The average Bonchev–Trinajstić information content (AvgIpc) is 4.04. The minimum atomic E-state index is -4.12. The van der Waals surface area contributed by atoms with E-state index in [1.807, 2.05) is 59.3 Å². The Morgan fingerprint density at radius 1 is 1.04 bits per heavy atom. The second-order valence-electron chi connectivity index (χ2n) is 16.0. The van der Waals surface area contributed by atoms with Crippen molar-refractivity contribution in [2.24, 2.45) is 16.5 Å². The van der Waals surface area contributed by atoms with Gasteiger partial charge in [-0.15, -0.1) is 0 Å². The maximum Gasteiger partial charge on any atom is 0.407 e. The van der Waals surface area contributed by atoms with Crippen molar-refractivity contribution in [3.8, 4) is 11.1 Å². The van der Waals surface area contributed by atoms with E-state index < -0.39 is 87.0 Å². The van der Waals surface area contributed by atoms with E-state index in [1.165, 1.54) is 4.90 Å². The van der Waals surface area contributed by atoms with E-state index in [0.29, 0.717) is 25.0 Å². The summed E-state index contributed by atoms with van der Waals surface area (Å²) in [5, 5.41) is 8.87. The molecule has 13 nitrogen and oxygen atoms in total. The number of hydrogen-bond donors (Lipinski definition) is 3. The molecular formula is C39H45F2N5O8S. The number of benzene rings is 2. The van der Waals surface area contributed by atoms with E-state index in [1.54, 1.807) is 20.8 Å². The summed E-state index contributed by atoms with van der Waals surface area (Å²) in [6, 6.07) is 11.2. The van der Waals surface area contributed by atoms with Gasteiger partial charge in [-0.3, -0.25) is 19.1 Å². The lowest BCUT2D eigenvalue weighted by atomic mass is 9.85. The molecule has 2 heterocycles. The van der Waals surface area contributed by atoms with E-state index in [0.717, 1.165) is 40.7 Å². The van der Waals surface area contributed by atoms with Gasteiger partial charge in [-0.05, 0) is 66.7 Å². The maximum atomic E-state index is 14.5. The Bertz CT molecular complexity index is 2060. The number of hydrogen-bond acceptors (Lipinski definition) is 9. The first-order chi connectivity index (χ1) is 26.1. The number of ether oxygens (including phenoxy) is 1. The van der Waals surface area contributed by atoms with Gasteiger partial charge in [-0.2, -0.15) is 0 Å². The normalized spacial score (nSPS) is 28.5. The summed E-state index contributed by atoms with van der Waals surface area (Å²) in [5.74, 6) is -4.51. The van der Waals surface area contributed by atoms with E-state index in [9.17, 15) is 36.4 Å². The molecule has 7 rings (SSSR count). The summed E-state index contributed by atoms with van der Waals surface area (Å²) in [5.41, 5.74) is 2.00. The first kappa shape index (κ1) is 38.4. The molecule has 0 aromatic heterocycles. The van der Waals surface area contributed by atoms with Crippen LogP contribution >= 0.6 is 0 Å². The Hall–Kier alpha value is -4.86. The van der Waals surface area contributed by atoms with Gasteiger partial charge in [0.05, 0.1) is 24.3 Å². The third-order valence-electron chi connectivity index (χ3n) is 10.9. The Balaban J connectivity index is 1.22. The molecule has 2 aromatic carbocycles. The van der Waals surface area contributed by atoms with Crippen LogP contribution in [0, 0.1) is 11.3 Å². The van der Waals surface area contributed by atoms with Crippen LogP contribution in [0.3, 0.4) is 0 Å². The zero-order valence-electron chi connectivity index (χ0n) is 30.8. The van der Waals surface area contributed by atoms with Gasteiger partial charge >= 0.3 is 6.09 Å². The molecule has 4 amide bonds. The molecule has 5 atom stereocenters. The molecule has 0 unspecified atom stereocenters. The molecule has 294 valence electrons. The number of alkyl halides is 2. The zero-order chi connectivity index (χ0) is 39.3.